The number of ether oxygens (including phenoxy) is 1. The summed E-state index contributed by atoms with van der Waals surface area (Å²) in [6.45, 7) is 2.33. The van der Waals surface area contributed by atoms with Crippen molar-refractivity contribution in [1.29, 1.82) is 0 Å². The first-order valence-electron chi connectivity index (χ1n) is 7.79. The molecule has 1 aromatic heterocycles. The van der Waals surface area contributed by atoms with E-state index in [2.05, 4.69) is 35.0 Å². The molecule has 2 N–H and O–H groups in total. The van der Waals surface area contributed by atoms with Crippen molar-refractivity contribution in [2.45, 2.75) is 19.9 Å². The van der Waals surface area contributed by atoms with Crippen molar-refractivity contribution in [2.75, 3.05) is 12.4 Å². The molecule has 0 fully saturated rings. The number of benzene rings is 2. The number of thiophene rings is 1. The number of carbonyl (C=O) groups is 1. The molecule has 6 heteroatoms. The van der Waals surface area contributed by atoms with Gasteiger partial charge in [-0.25, -0.2) is 0 Å². The lowest BCUT2D eigenvalue weighted by Crippen LogP contribution is -1.99. The van der Waals surface area contributed by atoms with Crippen LogP contribution in [0, 0.1) is 0 Å². The van der Waals surface area contributed by atoms with E-state index in [1.165, 1.54) is 10.1 Å². The molecule has 0 radical (unpaired) electrons. The molecule has 0 saturated heterocycles. The fourth-order valence-corrected chi connectivity index (χ4v) is 3.26. The lowest BCUT2D eigenvalue weighted by atomic mass is 10.2. The minimum atomic E-state index is -0.745. The number of hydrogen-bond acceptors (Lipinski definition) is 4. The Labute approximate surface area is 156 Å². The van der Waals surface area contributed by atoms with Crippen LogP contribution < -0.4 is 10.1 Å². The van der Waals surface area contributed by atoms with Crippen molar-refractivity contribution in [2.24, 2.45) is 0 Å². The first-order chi connectivity index (χ1) is 12.0. The van der Waals surface area contributed by atoms with E-state index in [0.717, 1.165) is 17.8 Å². The van der Waals surface area contributed by atoms with Crippen LogP contribution in [0.5, 0.6) is 5.75 Å². The highest BCUT2D eigenvalue weighted by molar-refractivity contribution is 7.17. The monoisotopic (exact) mass is 377 g/mol. The van der Waals surface area contributed by atoms with Gasteiger partial charge < -0.3 is 15.2 Å². The summed E-state index contributed by atoms with van der Waals surface area (Å²) in [5.41, 5.74) is 2.28. The van der Waals surface area contributed by atoms with Crippen LogP contribution in [0.2, 0.25) is 5.02 Å². The molecule has 25 heavy (non-hydrogen) atoms. The summed E-state index contributed by atoms with van der Waals surface area (Å²) in [6.07, 6.45) is 0.222. The minimum Gasteiger partial charge on any atom is -0.495 e. The molecule has 0 bridgehead atoms. The zero-order valence-electron chi connectivity index (χ0n) is 14.1. The molecule has 3 rings (SSSR count). The average molecular weight is 378 g/mol. The fourth-order valence-electron chi connectivity index (χ4n) is 2.17. The van der Waals surface area contributed by atoms with E-state index in [4.69, 9.17) is 21.4 Å². The Morgan fingerprint density at radius 2 is 2.04 bits per heavy atom. The largest absolute Gasteiger partial charge is 0.495 e. The van der Waals surface area contributed by atoms with Crippen LogP contribution in [0.15, 0.2) is 47.8 Å². The first kappa shape index (κ1) is 19.1. The molecule has 0 saturated carbocycles. The van der Waals surface area contributed by atoms with Crippen molar-refractivity contribution in [3.05, 3.63) is 58.4 Å². The van der Waals surface area contributed by atoms with E-state index >= 15 is 0 Å². The topological polar surface area (TPSA) is 58.6 Å². The molecule has 0 spiro atoms. The number of aliphatic carboxylic acids is 1. The van der Waals surface area contributed by atoms with E-state index in [1.54, 1.807) is 25.4 Å². The zero-order chi connectivity index (χ0) is 18.2. The third-order valence-corrected chi connectivity index (χ3v) is 4.67. The van der Waals surface area contributed by atoms with Gasteiger partial charge in [0.2, 0.25) is 0 Å². The molecule has 1 heterocycles. The summed E-state index contributed by atoms with van der Waals surface area (Å²) in [5, 5.41) is 15.2. The summed E-state index contributed by atoms with van der Waals surface area (Å²) in [5.74, 6) is -0.0413. The van der Waals surface area contributed by atoms with Gasteiger partial charge in [-0.3, -0.25) is 4.79 Å². The lowest BCUT2D eigenvalue weighted by molar-refractivity contribution is -0.136. The molecular weight excluding hydrogens is 358 g/mol. The molecule has 2 aromatic carbocycles. The van der Waals surface area contributed by atoms with Gasteiger partial charge in [-0.05, 0) is 41.3 Å². The van der Waals surface area contributed by atoms with Crippen molar-refractivity contribution < 1.29 is 14.6 Å². The second-order valence-electron chi connectivity index (χ2n) is 5.21. The van der Waals surface area contributed by atoms with Gasteiger partial charge in [0.15, 0.2) is 0 Å². The highest BCUT2D eigenvalue weighted by Gasteiger charge is 2.04. The maximum atomic E-state index is 9.37. The molecule has 3 aromatic rings. The molecule has 0 amide bonds. The number of anilines is 1. The van der Waals surface area contributed by atoms with E-state index in [9.17, 15) is 4.79 Å². The van der Waals surface area contributed by atoms with Crippen LogP contribution in [-0.2, 0) is 11.3 Å². The summed E-state index contributed by atoms with van der Waals surface area (Å²) in [6, 6.07) is 14.3. The summed E-state index contributed by atoms with van der Waals surface area (Å²) >= 11 is 7.89. The van der Waals surface area contributed by atoms with Crippen molar-refractivity contribution in [3.8, 4) is 5.75 Å². The van der Waals surface area contributed by atoms with Crippen LogP contribution in [0.25, 0.3) is 10.1 Å². The van der Waals surface area contributed by atoms with E-state index in [0.29, 0.717) is 10.8 Å². The Hall–Kier alpha value is -2.24. The normalized spacial score (nSPS) is 10.0. The van der Waals surface area contributed by atoms with Gasteiger partial charge in [0.05, 0.1) is 12.1 Å². The number of fused-ring (bicyclic) bond motifs is 1. The molecule has 0 aliphatic heterocycles. The Balaban J connectivity index is 0.000000399. The van der Waals surface area contributed by atoms with Crippen LogP contribution in [0.1, 0.15) is 18.9 Å². The number of halogens is 1. The Bertz CT molecular complexity index is 848. The smallest absolute Gasteiger partial charge is 0.303 e. The Morgan fingerprint density at radius 1 is 1.28 bits per heavy atom. The van der Waals surface area contributed by atoms with Crippen molar-refractivity contribution >= 4 is 44.7 Å². The molecule has 0 aliphatic rings. The number of carboxylic acid groups (broad SMARTS) is 1. The third kappa shape index (κ3) is 5.37. The molecule has 0 aliphatic carbocycles. The predicted molar refractivity (Wildman–Crippen MR) is 105 cm³/mol. The average Bonchev–Trinajstić information content (AvgIpc) is 3.10. The number of methoxy groups -OCH3 is 1. The second kappa shape index (κ2) is 9.30. The third-order valence-electron chi connectivity index (χ3n) is 3.50. The predicted octanol–water partition coefficient (Wildman–Crippen LogP) is 5.66. The highest BCUT2D eigenvalue weighted by Crippen LogP contribution is 2.29. The SMILES string of the molecule is CCC(=O)O.COc1ccc(CNc2cccc3sccc23)cc1Cl. The molecule has 4 nitrogen and oxygen atoms in total. The summed E-state index contributed by atoms with van der Waals surface area (Å²) in [7, 11) is 1.62. The number of hydrogen-bond donors (Lipinski definition) is 2. The van der Waals surface area contributed by atoms with Gasteiger partial charge in [-0.1, -0.05) is 30.7 Å². The Kier molecular flexibility index (Phi) is 7.10. The molecular formula is C19H20ClNO3S. The zero-order valence-corrected chi connectivity index (χ0v) is 15.7. The van der Waals surface area contributed by atoms with Crippen molar-refractivity contribution in [1.82, 2.24) is 0 Å². The Morgan fingerprint density at radius 3 is 2.68 bits per heavy atom. The fraction of sp³-hybridized carbons (Fsp3) is 0.211. The summed E-state index contributed by atoms with van der Waals surface area (Å²) < 4.78 is 6.45. The quantitative estimate of drug-likeness (QED) is 0.602. The standard InChI is InChI=1S/C16H14ClNOS.C3H6O2/c1-19-15-6-5-11(9-13(15)17)10-18-14-3-2-4-16-12(14)7-8-20-16;1-2-3(4)5/h2-9,18H,10H2,1H3;2H2,1H3,(H,4,5). The van der Waals surface area contributed by atoms with Gasteiger partial charge >= 0.3 is 5.97 Å². The van der Waals surface area contributed by atoms with E-state index in [-0.39, 0.29) is 6.42 Å². The van der Waals surface area contributed by atoms with Gasteiger partial charge in [-0.15, -0.1) is 11.3 Å². The molecule has 0 unspecified atom stereocenters. The molecule has 132 valence electrons. The van der Waals surface area contributed by atoms with Crippen LogP contribution in [-0.4, -0.2) is 18.2 Å². The highest BCUT2D eigenvalue weighted by atomic mass is 35.5. The van der Waals surface area contributed by atoms with Crippen LogP contribution in [0.4, 0.5) is 5.69 Å². The lowest BCUT2D eigenvalue weighted by Gasteiger charge is -2.09. The van der Waals surface area contributed by atoms with Gasteiger partial charge in [0, 0.05) is 28.7 Å². The number of rotatable bonds is 5. The minimum absolute atomic E-state index is 0.222. The van der Waals surface area contributed by atoms with Crippen LogP contribution in [0.3, 0.4) is 0 Å². The maximum absolute atomic E-state index is 9.37. The second-order valence-corrected chi connectivity index (χ2v) is 6.56. The van der Waals surface area contributed by atoms with Crippen LogP contribution >= 0.6 is 22.9 Å². The number of nitrogens with one attached hydrogen (secondary N) is 1. The maximum Gasteiger partial charge on any atom is 0.303 e. The van der Waals surface area contributed by atoms with Crippen molar-refractivity contribution in [3.63, 3.8) is 0 Å². The van der Waals surface area contributed by atoms with Gasteiger partial charge in [0.25, 0.3) is 0 Å². The first-order valence-corrected chi connectivity index (χ1v) is 9.05. The van der Waals surface area contributed by atoms with Gasteiger partial charge in [-0.2, -0.15) is 0 Å². The van der Waals surface area contributed by atoms with E-state index < -0.39 is 5.97 Å². The van der Waals surface area contributed by atoms with E-state index in [1.807, 2.05) is 18.2 Å². The number of carboxylic acids is 1. The molecule has 0 atom stereocenters. The van der Waals surface area contributed by atoms with Gasteiger partial charge in [0.1, 0.15) is 5.75 Å². The summed E-state index contributed by atoms with van der Waals surface area (Å²) in [4.78, 5) is 9.37.